The summed E-state index contributed by atoms with van der Waals surface area (Å²) in [6, 6.07) is 0. The van der Waals surface area contributed by atoms with Crippen LogP contribution in [0.15, 0.2) is 0 Å². The topological polar surface area (TPSA) is 20.3 Å². The fourth-order valence-corrected chi connectivity index (χ4v) is 1.93. The van der Waals surface area contributed by atoms with Crippen molar-refractivity contribution in [2.24, 2.45) is 5.92 Å². The fourth-order valence-electron chi connectivity index (χ4n) is 1.93. The zero-order valence-electron chi connectivity index (χ0n) is 8.88. The highest BCUT2D eigenvalue weighted by atomic mass is 16.1. The Morgan fingerprint density at radius 3 is 2.46 bits per heavy atom. The molecule has 76 valence electrons. The minimum absolute atomic E-state index is 0.378. The van der Waals surface area contributed by atoms with Gasteiger partial charge in [-0.15, -0.1) is 0 Å². The van der Waals surface area contributed by atoms with Gasteiger partial charge in [-0.05, 0) is 26.4 Å². The van der Waals surface area contributed by atoms with Crippen LogP contribution in [0.3, 0.4) is 0 Å². The molecule has 0 atom stereocenters. The largest absolute Gasteiger partial charge is 0.299 e. The van der Waals surface area contributed by atoms with E-state index in [4.69, 9.17) is 0 Å². The summed E-state index contributed by atoms with van der Waals surface area (Å²) in [4.78, 5) is 13.8. The van der Waals surface area contributed by atoms with Gasteiger partial charge in [-0.2, -0.15) is 0 Å². The summed E-state index contributed by atoms with van der Waals surface area (Å²) in [5.74, 6) is 0.840. The molecular formula is C11H21NO. The van der Waals surface area contributed by atoms with Gasteiger partial charge >= 0.3 is 0 Å². The van der Waals surface area contributed by atoms with Crippen molar-refractivity contribution < 1.29 is 4.79 Å². The van der Waals surface area contributed by atoms with Crippen LogP contribution in [0.25, 0.3) is 0 Å². The summed E-state index contributed by atoms with van der Waals surface area (Å²) in [6.45, 7) is 3.72. The van der Waals surface area contributed by atoms with Crippen LogP contribution in [-0.2, 0) is 4.79 Å². The smallest absolute Gasteiger partial charge is 0.149 e. The lowest BCUT2D eigenvalue weighted by Gasteiger charge is -2.22. The number of hydrogen-bond donors (Lipinski definition) is 0. The molecule has 0 aromatic heterocycles. The van der Waals surface area contributed by atoms with Crippen molar-refractivity contribution in [2.75, 3.05) is 20.1 Å². The van der Waals surface area contributed by atoms with E-state index in [0.29, 0.717) is 18.2 Å². The van der Waals surface area contributed by atoms with Crippen LogP contribution in [0.5, 0.6) is 0 Å². The molecule has 0 spiro atoms. The van der Waals surface area contributed by atoms with E-state index in [1.165, 1.54) is 19.3 Å². The summed E-state index contributed by atoms with van der Waals surface area (Å²) < 4.78 is 0. The Bertz CT molecular complexity index is 161. The van der Waals surface area contributed by atoms with E-state index in [9.17, 15) is 4.79 Å². The molecule has 2 heteroatoms. The van der Waals surface area contributed by atoms with Crippen molar-refractivity contribution in [3.63, 3.8) is 0 Å². The predicted octanol–water partition coefficient (Wildman–Crippen LogP) is 2.09. The van der Waals surface area contributed by atoms with Crippen molar-refractivity contribution in [3.05, 3.63) is 0 Å². The van der Waals surface area contributed by atoms with E-state index in [1.54, 1.807) is 0 Å². The van der Waals surface area contributed by atoms with Crippen LogP contribution in [0.2, 0.25) is 0 Å². The number of carbonyl (C=O) groups is 1. The average Bonchev–Trinajstić information content (AvgIpc) is 2.19. The second-order valence-corrected chi connectivity index (χ2v) is 4.13. The number of carbonyl (C=O) groups excluding carboxylic acids is 1. The molecule has 1 fully saturated rings. The van der Waals surface area contributed by atoms with Gasteiger partial charge in [0, 0.05) is 5.92 Å². The third kappa shape index (κ3) is 3.47. The second kappa shape index (κ2) is 5.38. The predicted molar refractivity (Wildman–Crippen MR) is 54.8 cm³/mol. The number of ketones is 1. The highest BCUT2D eigenvalue weighted by Gasteiger charge is 2.21. The Kier molecular flexibility index (Phi) is 4.43. The van der Waals surface area contributed by atoms with Gasteiger partial charge in [0.2, 0.25) is 0 Å². The van der Waals surface area contributed by atoms with Crippen molar-refractivity contribution in [2.45, 2.75) is 39.0 Å². The molecule has 0 radical (unpaired) electrons. The minimum atomic E-state index is 0.378. The third-order valence-electron chi connectivity index (χ3n) is 3.03. The zero-order valence-corrected chi connectivity index (χ0v) is 8.88. The monoisotopic (exact) mass is 183 g/mol. The van der Waals surface area contributed by atoms with Crippen LogP contribution in [-0.4, -0.2) is 30.8 Å². The molecule has 0 amide bonds. The summed E-state index contributed by atoms with van der Waals surface area (Å²) in [5.41, 5.74) is 0. The maximum absolute atomic E-state index is 11.7. The van der Waals surface area contributed by atoms with Crippen molar-refractivity contribution in [3.8, 4) is 0 Å². The first-order valence-corrected chi connectivity index (χ1v) is 5.45. The Morgan fingerprint density at radius 1 is 1.31 bits per heavy atom. The molecule has 1 aliphatic carbocycles. The first-order chi connectivity index (χ1) is 6.24. The first-order valence-electron chi connectivity index (χ1n) is 5.45. The summed E-state index contributed by atoms with van der Waals surface area (Å²) in [7, 11) is 2.01. The molecule has 1 aliphatic rings. The van der Waals surface area contributed by atoms with Crippen molar-refractivity contribution in [1.82, 2.24) is 4.90 Å². The Balaban J connectivity index is 2.29. The zero-order chi connectivity index (χ0) is 9.68. The lowest BCUT2D eigenvalue weighted by atomic mass is 9.86. The molecule has 1 saturated carbocycles. The minimum Gasteiger partial charge on any atom is -0.299 e. The molecule has 13 heavy (non-hydrogen) atoms. The number of likely N-dealkylation sites (N-methyl/N-ethyl adjacent to an activating group) is 1. The lowest BCUT2D eigenvalue weighted by molar-refractivity contribution is -0.124. The van der Waals surface area contributed by atoms with E-state index in [-0.39, 0.29) is 0 Å². The van der Waals surface area contributed by atoms with Crippen LogP contribution in [0.4, 0.5) is 0 Å². The van der Waals surface area contributed by atoms with Gasteiger partial charge in [0.15, 0.2) is 0 Å². The van der Waals surface area contributed by atoms with Gasteiger partial charge in [-0.3, -0.25) is 9.69 Å². The number of rotatable bonds is 4. The molecule has 0 bridgehead atoms. The second-order valence-electron chi connectivity index (χ2n) is 4.13. The quantitative estimate of drug-likeness (QED) is 0.665. The Hall–Kier alpha value is -0.370. The van der Waals surface area contributed by atoms with Crippen LogP contribution >= 0.6 is 0 Å². The van der Waals surface area contributed by atoms with E-state index in [2.05, 4.69) is 11.8 Å². The SMILES string of the molecule is CCN(C)CC(=O)C1CCCCC1. The molecule has 0 aromatic carbocycles. The van der Waals surface area contributed by atoms with Gasteiger partial charge in [-0.1, -0.05) is 26.2 Å². The average molecular weight is 183 g/mol. The van der Waals surface area contributed by atoms with E-state index < -0.39 is 0 Å². The Morgan fingerprint density at radius 2 is 1.92 bits per heavy atom. The maximum atomic E-state index is 11.7. The van der Waals surface area contributed by atoms with Gasteiger partial charge in [0.1, 0.15) is 5.78 Å². The van der Waals surface area contributed by atoms with E-state index in [1.807, 2.05) is 7.05 Å². The molecule has 2 nitrogen and oxygen atoms in total. The highest BCUT2D eigenvalue weighted by molar-refractivity contribution is 5.82. The Labute approximate surface area is 81.3 Å². The normalized spacial score (nSPS) is 19.3. The molecular weight excluding hydrogens is 162 g/mol. The molecule has 0 aliphatic heterocycles. The molecule has 1 rings (SSSR count). The molecule has 0 aromatic rings. The molecule has 0 unspecified atom stereocenters. The number of Topliss-reactive ketones (excluding diaryl/α,β-unsaturated/α-hetero) is 1. The number of nitrogens with zero attached hydrogens (tertiary/aromatic N) is 1. The summed E-state index contributed by atoms with van der Waals surface area (Å²) >= 11 is 0. The lowest BCUT2D eigenvalue weighted by Crippen LogP contribution is -2.31. The van der Waals surface area contributed by atoms with Gasteiger partial charge in [-0.25, -0.2) is 0 Å². The molecule has 0 heterocycles. The molecule has 0 N–H and O–H groups in total. The van der Waals surface area contributed by atoms with Crippen molar-refractivity contribution >= 4 is 5.78 Å². The van der Waals surface area contributed by atoms with E-state index in [0.717, 1.165) is 19.4 Å². The van der Waals surface area contributed by atoms with Crippen LogP contribution < -0.4 is 0 Å². The van der Waals surface area contributed by atoms with Crippen LogP contribution in [0.1, 0.15) is 39.0 Å². The molecule has 0 saturated heterocycles. The highest BCUT2D eigenvalue weighted by Crippen LogP contribution is 2.24. The van der Waals surface area contributed by atoms with Crippen LogP contribution in [0, 0.1) is 5.92 Å². The standard InChI is InChI=1S/C11H21NO/c1-3-12(2)9-11(13)10-7-5-4-6-8-10/h10H,3-9H2,1-2H3. The maximum Gasteiger partial charge on any atom is 0.149 e. The van der Waals surface area contributed by atoms with Gasteiger partial charge in [0.05, 0.1) is 6.54 Å². The fraction of sp³-hybridized carbons (Fsp3) is 0.909. The van der Waals surface area contributed by atoms with Gasteiger partial charge in [0.25, 0.3) is 0 Å². The first kappa shape index (κ1) is 10.7. The summed E-state index contributed by atoms with van der Waals surface area (Å²) in [5, 5.41) is 0. The van der Waals surface area contributed by atoms with Crippen molar-refractivity contribution in [1.29, 1.82) is 0 Å². The summed E-state index contributed by atoms with van der Waals surface area (Å²) in [6.07, 6.45) is 6.11. The van der Waals surface area contributed by atoms with E-state index >= 15 is 0 Å². The van der Waals surface area contributed by atoms with Gasteiger partial charge < -0.3 is 0 Å². The third-order valence-corrected chi connectivity index (χ3v) is 3.03. The number of hydrogen-bond acceptors (Lipinski definition) is 2.